The van der Waals surface area contributed by atoms with Crippen molar-refractivity contribution >= 4 is 0 Å². The zero-order valence-corrected chi connectivity index (χ0v) is 14.1. The SMILES string of the molecule is CCCC(C)(CNC(C)C)CN1CCCCCC1CO. The first-order valence-corrected chi connectivity index (χ1v) is 8.59. The minimum Gasteiger partial charge on any atom is -0.395 e. The van der Waals surface area contributed by atoms with Crippen LogP contribution < -0.4 is 5.32 Å². The summed E-state index contributed by atoms with van der Waals surface area (Å²) >= 11 is 0. The molecular weight excluding hydrogens is 248 g/mol. The van der Waals surface area contributed by atoms with Crippen LogP contribution in [0.1, 0.15) is 66.2 Å². The van der Waals surface area contributed by atoms with E-state index in [2.05, 4.69) is 37.9 Å². The Bertz CT molecular complexity index is 257. The number of aliphatic hydroxyl groups is 1. The monoisotopic (exact) mass is 284 g/mol. The third kappa shape index (κ3) is 6.11. The van der Waals surface area contributed by atoms with E-state index in [1.54, 1.807) is 0 Å². The van der Waals surface area contributed by atoms with Crippen molar-refractivity contribution in [1.82, 2.24) is 10.2 Å². The van der Waals surface area contributed by atoms with Gasteiger partial charge in [0.05, 0.1) is 6.61 Å². The lowest BCUT2D eigenvalue weighted by atomic mass is 9.84. The van der Waals surface area contributed by atoms with Crippen LogP contribution in [0.4, 0.5) is 0 Å². The Hall–Kier alpha value is -0.120. The minimum absolute atomic E-state index is 0.316. The Balaban J connectivity index is 2.65. The van der Waals surface area contributed by atoms with E-state index >= 15 is 0 Å². The lowest BCUT2D eigenvalue weighted by molar-refractivity contribution is 0.0747. The summed E-state index contributed by atoms with van der Waals surface area (Å²) in [4.78, 5) is 2.56. The summed E-state index contributed by atoms with van der Waals surface area (Å²) in [6, 6.07) is 0.927. The smallest absolute Gasteiger partial charge is 0.0586 e. The van der Waals surface area contributed by atoms with Crippen molar-refractivity contribution in [2.45, 2.75) is 78.3 Å². The largest absolute Gasteiger partial charge is 0.395 e. The lowest BCUT2D eigenvalue weighted by Crippen LogP contribution is -2.48. The van der Waals surface area contributed by atoms with Crippen LogP contribution in [0.5, 0.6) is 0 Å². The van der Waals surface area contributed by atoms with Gasteiger partial charge in [0.1, 0.15) is 0 Å². The molecule has 0 amide bonds. The minimum atomic E-state index is 0.316. The molecule has 120 valence electrons. The summed E-state index contributed by atoms with van der Waals surface area (Å²) in [6.45, 7) is 12.8. The number of rotatable bonds is 8. The molecule has 20 heavy (non-hydrogen) atoms. The molecule has 1 saturated heterocycles. The Morgan fingerprint density at radius 3 is 2.65 bits per heavy atom. The maximum atomic E-state index is 9.67. The van der Waals surface area contributed by atoms with E-state index in [9.17, 15) is 5.11 Å². The fourth-order valence-corrected chi connectivity index (χ4v) is 3.42. The zero-order valence-electron chi connectivity index (χ0n) is 14.1. The van der Waals surface area contributed by atoms with E-state index in [0.29, 0.717) is 24.1 Å². The maximum Gasteiger partial charge on any atom is 0.0586 e. The molecule has 1 aliphatic rings. The molecule has 0 aromatic carbocycles. The Morgan fingerprint density at radius 2 is 2.05 bits per heavy atom. The molecule has 1 fully saturated rings. The van der Waals surface area contributed by atoms with E-state index in [4.69, 9.17) is 0 Å². The first-order valence-electron chi connectivity index (χ1n) is 8.59. The van der Waals surface area contributed by atoms with Crippen molar-refractivity contribution in [3.8, 4) is 0 Å². The molecule has 3 nitrogen and oxygen atoms in total. The van der Waals surface area contributed by atoms with Crippen molar-refractivity contribution in [1.29, 1.82) is 0 Å². The molecule has 0 radical (unpaired) electrons. The highest BCUT2D eigenvalue weighted by atomic mass is 16.3. The summed E-state index contributed by atoms with van der Waals surface area (Å²) in [5, 5.41) is 13.3. The summed E-state index contributed by atoms with van der Waals surface area (Å²) in [6.07, 6.45) is 7.53. The van der Waals surface area contributed by atoms with Crippen LogP contribution in [0.25, 0.3) is 0 Å². The fourth-order valence-electron chi connectivity index (χ4n) is 3.42. The van der Waals surface area contributed by atoms with Crippen molar-refractivity contribution in [3.63, 3.8) is 0 Å². The molecule has 0 aromatic heterocycles. The van der Waals surface area contributed by atoms with E-state index in [-0.39, 0.29) is 0 Å². The molecule has 3 heteroatoms. The molecule has 0 saturated carbocycles. The van der Waals surface area contributed by atoms with Crippen LogP contribution in [-0.4, -0.2) is 48.3 Å². The molecule has 0 aliphatic carbocycles. The Morgan fingerprint density at radius 1 is 1.30 bits per heavy atom. The topological polar surface area (TPSA) is 35.5 Å². The van der Waals surface area contributed by atoms with Crippen LogP contribution in [0.2, 0.25) is 0 Å². The van der Waals surface area contributed by atoms with E-state index < -0.39 is 0 Å². The molecule has 1 rings (SSSR count). The van der Waals surface area contributed by atoms with Gasteiger partial charge < -0.3 is 10.4 Å². The normalized spacial score (nSPS) is 24.6. The number of hydrogen-bond acceptors (Lipinski definition) is 3. The summed E-state index contributed by atoms with van der Waals surface area (Å²) in [7, 11) is 0. The van der Waals surface area contributed by atoms with Gasteiger partial charge in [0, 0.05) is 25.2 Å². The van der Waals surface area contributed by atoms with Crippen LogP contribution in [0, 0.1) is 5.41 Å². The van der Waals surface area contributed by atoms with Gasteiger partial charge in [-0.05, 0) is 31.2 Å². The van der Waals surface area contributed by atoms with Crippen molar-refractivity contribution in [2.75, 3.05) is 26.2 Å². The standard InChI is InChI=1S/C17H36N2O/c1-5-10-17(4,13-18-15(2)3)14-19-11-8-6-7-9-16(19)12-20/h15-16,18,20H,5-14H2,1-4H3. The molecule has 2 N–H and O–H groups in total. The van der Waals surface area contributed by atoms with Crippen molar-refractivity contribution in [3.05, 3.63) is 0 Å². The van der Waals surface area contributed by atoms with Gasteiger partial charge in [0.2, 0.25) is 0 Å². The van der Waals surface area contributed by atoms with Crippen molar-refractivity contribution in [2.24, 2.45) is 5.41 Å². The second-order valence-electron chi connectivity index (χ2n) is 7.25. The predicted octanol–water partition coefficient (Wildman–Crippen LogP) is 3.03. The van der Waals surface area contributed by atoms with Gasteiger partial charge in [0.15, 0.2) is 0 Å². The average molecular weight is 284 g/mol. The van der Waals surface area contributed by atoms with Crippen LogP contribution in [-0.2, 0) is 0 Å². The Labute approximate surface area is 126 Å². The number of nitrogens with one attached hydrogen (secondary N) is 1. The van der Waals surface area contributed by atoms with Gasteiger partial charge in [-0.2, -0.15) is 0 Å². The van der Waals surface area contributed by atoms with Crippen LogP contribution >= 0.6 is 0 Å². The lowest BCUT2D eigenvalue weighted by Gasteiger charge is -2.39. The molecule has 0 aromatic rings. The first-order chi connectivity index (χ1) is 9.50. The maximum absolute atomic E-state index is 9.67. The quantitative estimate of drug-likeness (QED) is 0.719. The fraction of sp³-hybridized carbons (Fsp3) is 1.00. The highest BCUT2D eigenvalue weighted by Gasteiger charge is 2.30. The molecule has 2 atom stereocenters. The second kappa shape index (κ2) is 9.01. The summed E-state index contributed by atoms with van der Waals surface area (Å²) < 4.78 is 0. The highest BCUT2D eigenvalue weighted by Crippen LogP contribution is 2.27. The zero-order chi connectivity index (χ0) is 15.0. The number of aliphatic hydroxyl groups excluding tert-OH is 1. The van der Waals surface area contributed by atoms with E-state index in [1.807, 2.05) is 0 Å². The first kappa shape index (κ1) is 17.9. The van der Waals surface area contributed by atoms with Crippen LogP contribution in [0.15, 0.2) is 0 Å². The molecule has 1 heterocycles. The van der Waals surface area contributed by atoms with Gasteiger partial charge in [-0.1, -0.05) is 47.0 Å². The van der Waals surface area contributed by atoms with E-state index in [0.717, 1.165) is 26.1 Å². The molecule has 0 spiro atoms. The third-order valence-corrected chi connectivity index (χ3v) is 4.59. The number of nitrogens with zero attached hydrogens (tertiary/aromatic N) is 1. The van der Waals surface area contributed by atoms with Gasteiger partial charge in [-0.3, -0.25) is 4.90 Å². The molecule has 1 aliphatic heterocycles. The summed E-state index contributed by atoms with van der Waals surface area (Å²) in [5.41, 5.74) is 0.316. The molecule has 0 bridgehead atoms. The average Bonchev–Trinajstić information content (AvgIpc) is 2.62. The predicted molar refractivity (Wildman–Crippen MR) is 87.1 cm³/mol. The van der Waals surface area contributed by atoms with Gasteiger partial charge >= 0.3 is 0 Å². The van der Waals surface area contributed by atoms with Crippen molar-refractivity contribution < 1.29 is 5.11 Å². The second-order valence-corrected chi connectivity index (χ2v) is 7.25. The molecular formula is C17H36N2O. The van der Waals surface area contributed by atoms with Gasteiger partial charge in [-0.25, -0.2) is 0 Å². The summed E-state index contributed by atoms with van der Waals surface area (Å²) in [5.74, 6) is 0. The Kier molecular flexibility index (Phi) is 8.08. The molecule has 2 unspecified atom stereocenters. The van der Waals surface area contributed by atoms with Crippen LogP contribution in [0.3, 0.4) is 0 Å². The number of likely N-dealkylation sites (tertiary alicyclic amines) is 1. The van der Waals surface area contributed by atoms with Gasteiger partial charge in [0.25, 0.3) is 0 Å². The van der Waals surface area contributed by atoms with E-state index in [1.165, 1.54) is 32.1 Å². The third-order valence-electron chi connectivity index (χ3n) is 4.59. The highest BCUT2D eigenvalue weighted by molar-refractivity contribution is 4.85. The number of hydrogen-bond donors (Lipinski definition) is 2. The van der Waals surface area contributed by atoms with Gasteiger partial charge in [-0.15, -0.1) is 0 Å².